The summed E-state index contributed by atoms with van der Waals surface area (Å²) in [5.74, 6) is -0.270. The van der Waals surface area contributed by atoms with Crippen molar-refractivity contribution >= 4 is 11.7 Å². The van der Waals surface area contributed by atoms with Crippen LogP contribution in [0.4, 0.5) is 0 Å². The number of Topliss-reactive ketones (excluding diaryl/α,β-unsaturated/α-hetero) is 1. The number of hydrazine groups is 1. The van der Waals surface area contributed by atoms with Crippen LogP contribution in [0.5, 0.6) is 0 Å². The van der Waals surface area contributed by atoms with Crippen LogP contribution in [0.1, 0.15) is 39.0 Å². The number of ketones is 1. The van der Waals surface area contributed by atoms with Crippen molar-refractivity contribution in [3.8, 4) is 0 Å². The van der Waals surface area contributed by atoms with Crippen LogP contribution in [0.15, 0.2) is 0 Å². The van der Waals surface area contributed by atoms with Crippen LogP contribution in [0.2, 0.25) is 0 Å². The van der Waals surface area contributed by atoms with Crippen molar-refractivity contribution in [2.45, 2.75) is 45.1 Å². The number of rotatable bonds is 4. The van der Waals surface area contributed by atoms with Gasteiger partial charge in [-0.2, -0.15) is 0 Å². The molecule has 0 unspecified atom stereocenters. The van der Waals surface area contributed by atoms with Gasteiger partial charge >= 0.3 is 0 Å². The van der Waals surface area contributed by atoms with Gasteiger partial charge in [0, 0.05) is 32.2 Å². The van der Waals surface area contributed by atoms with E-state index in [1.165, 1.54) is 32.6 Å². The number of amides is 1. The first-order valence-corrected chi connectivity index (χ1v) is 6.93. The minimum atomic E-state index is -0.184. The lowest BCUT2D eigenvalue weighted by molar-refractivity contribution is -0.131. The minimum Gasteiger partial charge on any atom is -0.299 e. The first-order valence-electron chi connectivity index (χ1n) is 6.93. The van der Waals surface area contributed by atoms with Crippen LogP contribution in [0, 0.1) is 0 Å². The van der Waals surface area contributed by atoms with Crippen molar-refractivity contribution in [3.05, 3.63) is 0 Å². The summed E-state index contributed by atoms with van der Waals surface area (Å²) in [5, 5.41) is 1.94. The minimum absolute atomic E-state index is 0.0111. The van der Waals surface area contributed by atoms with Crippen molar-refractivity contribution in [1.82, 2.24) is 15.3 Å². The zero-order valence-electron chi connectivity index (χ0n) is 11.2. The standard InChI is InChI=1S/C13H23N3O2/c1-11(17)10-13(18)14-16-8-6-15(7-9-16)12-4-2-3-5-12/h12H,2-10H2,1H3,(H,14,18). The van der Waals surface area contributed by atoms with Crippen LogP contribution in [0.25, 0.3) is 0 Å². The van der Waals surface area contributed by atoms with Gasteiger partial charge in [-0.15, -0.1) is 0 Å². The summed E-state index contributed by atoms with van der Waals surface area (Å²) in [5.41, 5.74) is 2.81. The third kappa shape index (κ3) is 3.78. The van der Waals surface area contributed by atoms with E-state index in [1.54, 1.807) is 0 Å². The van der Waals surface area contributed by atoms with Crippen LogP contribution in [-0.4, -0.2) is 53.8 Å². The molecule has 0 radical (unpaired) electrons. The molecule has 1 amide bonds. The Morgan fingerprint density at radius 1 is 1.11 bits per heavy atom. The fourth-order valence-electron chi connectivity index (χ4n) is 2.91. The molecule has 1 aliphatic heterocycles. The number of carbonyl (C=O) groups is 2. The Balaban J connectivity index is 1.69. The topological polar surface area (TPSA) is 52.7 Å². The van der Waals surface area contributed by atoms with Gasteiger partial charge in [0.15, 0.2) is 0 Å². The van der Waals surface area contributed by atoms with E-state index in [4.69, 9.17) is 0 Å². The van der Waals surface area contributed by atoms with E-state index < -0.39 is 0 Å². The van der Waals surface area contributed by atoms with E-state index >= 15 is 0 Å². The lowest BCUT2D eigenvalue weighted by Crippen LogP contribution is -2.55. The molecule has 102 valence electrons. The quantitative estimate of drug-likeness (QED) is 0.744. The van der Waals surface area contributed by atoms with Gasteiger partial charge in [-0.1, -0.05) is 12.8 Å². The Morgan fingerprint density at radius 3 is 2.28 bits per heavy atom. The second kappa shape index (κ2) is 6.29. The maximum atomic E-state index is 11.5. The lowest BCUT2D eigenvalue weighted by atomic mass is 10.2. The molecule has 2 fully saturated rings. The van der Waals surface area contributed by atoms with Gasteiger partial charge in [0.1, 0.15) is 5.78 Å². The zero-order valence-corrected chi connectivity index (χ0v) is 11.2. The number of carbonyl (C=O) groups excluding carboxylic acids is 2. The Labute approximate surface area is 108 Å². The van der Waals surface area contributed by atoms with E-state index in [0.29, 0.717) is 0 Å². The van der Waals surface area contributed by atoms with E-state index in [2.05, 4.69) is 10.3 Å². The van der Waals surface area contributed by atoms with Crippen molar-refractivity contribution < 1.29 is 9.59 Å². The summed E-state index contributed by atoms with van der Waals surface area (Å²) in [6, 6.07) is 0.764. The Kier molecular flexibility index (Phi) is 4.72. The number of piperazine rings is 1. The molecular formula is C13H23N3O2. The summed E-state index contributed by atoms with van der Waals surface area (Å²) in [4.78, 5) is 24.8. The van der Waals surface area contributed by atoms with Gasteiger partial charge in [-0.05, 0) is 19.8 Å². The molecular weight excluding hydrogens is 230 g/mol. The van der Waals surface area contributed by atoms with E-state index in [9.17, 15) is 9.59 Å². The van der Waals surface area contributed by atoms with E-state index in [-0.39, 0.29) is 18.1 Å². The maximum Gasteiger partial charge on any atom is 0.241 e. The van der Waals surface area contributed by atoms with Gasteiger partial charge in [0.2, 0.25) is 5.91 Å². The molecule has 5 heteroatoms. The van der Waals surface area contributed by atoms with Crippen molar-refractivity contribution in [1.29, 1.82) is 0 Å². The van der Waals surface area contributed by atoms with Crippen LogP contribution in [-0.2, 0) is 9.59 Å². The summed E-state index contributed by atoms with van der Waals surface area (Å²) in [6.07, 6.45) is 5.37. The SMILES string of the molecule is CC(=O)CC(=O)NN1CCN(C2CCCC2)CC1. The van der Waals surface area contributed by atoms with E-state index in [1.807, 2.05) is 5.01 Å². The molecule has 2 aliphatic rings. The highest BCUT2D eigenvalue weighted by atomic mass is 16.2. The highest BCUT2D eigenvalue weighted by Crippen LogP contribution is 2.23. The van der Waals surface area contributed by atoms with Crippen molar-refractivity contribution in [3.63, 3.8) is 0 Å². The molecule has 0 aromatic rings. The molecule has 0 atom stereocenters. The summed E-state index contributed by atoms with van der Waals surface area (Å²) < 4.78 is 0. The molecule has 0 spiro atoms. The number of hydrogen-bond donors (Lipinski definition) is 1. The molecule has 1 N–H and O–H groups in total. The normalized spacial score (nSPS) is 23.2. The smallest absolute Gasteiger partial charge is 0.241 e. The first-order chi connectivity index (χ1) is 8.65. The zero-order chi connectivity index (χ0) is 13.0. The van der Waals surface area contributed by atoms with Crippen molar-refractivity contribution in [2.24, 2.45) is 0 Å². The van der Waals surface area contributed by atoms with Crippen molar-refractivity contribution in [2.75, 3.05) is 26.2 Å². The molecule has 18 heavy (non-hydrogen) atoms. The predicted molar refractivity (Wildman–Crippen MR) is 68.8 cm³/mol. The molecule has 1 aliphatic carbocycles. The van der Waals surface area contributed by atoms with Crippen LogP contribution < -0.4 is 5.43 Å². The second-order valence-electron chi connectivity index (χ2n) is 5.38. The van der Waals surface area contributed by atoms with Crippen LogP contribution >= 0.6 is 0 Å². The largest absolute Gasteiger partial charge is 0.299 e. The molecule has 0 aromatic carbocycles. The van der Waals surface area contributed by atoms with E-state index in [0.717, 1.165) is 32.2 Å². The molecule has 0 bridgehead atoms. The van der Waals surface area contributed by atoms with Gasteiger partial charge in [-0.3, -0.25) is 19.9 Å². The highest BCUT2D eigenvalue weighted by Gasteiger charge is 2.26. The molecule has 1 saturated heterocycles. The molecule has 1 saturated carbocycles. The lowest BCUT2D eigenvalue weighted by Gasteiger charge is -2.37. The summed E-state index contributed by atoms with van der Waals surface area (Å²) in [6.45, 7) is 5.20. The summed E-state index contributed by atoms with van der Waals surface area (Å²) >= 11 is 0. The molecule has 0 aromatic heterocycles. The van der Waals surface area contributed by atoms with Gasteiger partial charge < -0.3 is 0 Å². The predicted octanol–water partition coefficient (Wildman–Crippen LogP) is 0.557. The number of nitrogens with one attached hydrogen (secondary N) is 1. The fourth-order valence-corrected chi connectivity index (χ4v) is 2.91. The highest BCUT2D eigenvalue weighted by molar-refractivity contribution is 5.96. The van der Waals surface area contributed by atoms with Gasteiger partial charge in [-0.25, -0.2) is 5.01 Å². The fraction of sp³-hybridized carbons (Fsp3) is 0.846. The van der Waals surface area contributed by atoms with Gasteiger partial charge in [0.25, 0.3) is 0 Å². The number of nitrogens with zero attached hydrogens (tertiary/aromatic N) is 2. The molecule has 1 heterocycles. The molecule has 5 nitrogen and oxygen atoms in total. The monoisotopic (exact) mass is 253 g/mol. The Morgan fingerprint density at radius 2 is 1.72 bits per heavy atom. The average Bonchev–Trinajstić information content (AvgIpc) is 2.82. The van der Waals surface area contributed by atoms with Crippen LogP contribution in [0.3, 0.4) is 0 Å². The third-order valence-electron chi connectivity index (χ3n) is 3.85. The van der Waals surface area contributed by atoms with Gasteiger partial charge in [0.05, 0.1) is 6.42 Å². The Bertz CT molecular complexity index is 305. The first kappa shape index (κ1) is 13.5. The average molecular weight is 253 g/mol. The number of hydrogen-bond acceptors (Lipinski definition) is 4. The summed E-state index contributed by atoms with van der Waals surface area (Å²) in [7, 11) is 0. The second-order valence-corrected chi connectivity index (χ2v) is 5.38. The Hall–Kier alpha value is -0.940. The third-order valence-corrected chi connectivity index (χ3v) is 3.85. The maximum absolute atomic E-state index is 11.5. The molecule has 2 rings (SSSR count).